The van der Waals surface area contributed by atoms with Crippen molar-refractivity contribution in [3.8, 4) is 0 Å². The molecule has 4 rings (SSSR count). The third-order valence-electron chi connectivity index (χ3n) is 6.36. The standard InChI is InChI=1S/C21H29N3O3S/c1-13-4-3-5-16(14(13)2)22-19(25)15-6-7-18-17(12-15)23-20(26)21(28-18)24-8-10-27-11-9-24/h6-7,12-14,16,21H,3-5,8-11H2,1-2H3,(H,22,25)(H,23,26). The van der Waals surface area contributed by atoms with Crippen molar-refractivity contribution in [1.29, 1.82) is 0 Å². The zero-order chi connectivity index (χ0) is 19.7. The van der Waals surface area contributed by atoms with Gasteiger partial charge in [0.1, 0.15) is 5.37 Å². The molecule has 2 aliphatic heterocycles. The van der Waals surface area contributed by atoms with Crippen molar-refractivity contribution in [3.63, 3.8) is 0 Å². The summed E-state index contributed by atoms with van der Waals surface area (Å²) in [6, 6.07) is 5.85. The van der Waals surface area contributed by atoms with Gasteiger partial charge in [-0.3, -0.25) is 14.5 Å². The van der Waals surface area contributed by atoms with Crippen LogP contribution in [0.4, 0.5) is 5.69 Å². The Labute approximate surface area is 170 Å². The summed E-state index contributed by atoms with van der Waals surface area (Å²) in [6.07, 6.45) is 3.44. The summed E-state index contributed by atoms with van der Waals surface area (Å²) in [4.78, 5) is 28.6. The molecule has 1 saturated carbocycles. The molecule has 2 N–H and O–H groups in total. The summed E-state index contributed by atoms with van der Waals surface area (Å²) in [7, 11) is 0. The smallest absolute Gasteiger partial charge is 0.252 e. The third kappa shape index (κ3) is 4.07. The van der Waals surface area contributed by atoms with Gasteiger partial charge in [-0.25, -0.2) is 0 Å². The summed E-state index contributed by atoms with van der Waals surface area (Å²) in [5, 5.41) is 5.98. The number of hydrogen-bond acceptors (Lipinski definition) is 5. The quantitative estimate of drug-likeness (QED) is 0.812. The molecule has 2 amide bonds. The van der Waals surface area contributed by atoms with Crippen LogP contribution < -0.4 is 10.6 Å². The van der Waals surface area contributed by atoms with Crippen molar-refractivity contribution in [3.05, 3.63) is 23.8 Å². The van der Waals surface area contributed by atoms with E-state index in [0.29, 0.717) is 30.6 Å². The number of amides is 2. The van der Waals surface area contributed by atoms with E-state index in [4.69, 9.17) is 4.74 Å². The molecule has 6 nitrogen and oxygen atoms in total. The van der Waals surface area contributed by atoms with Crippen LogP contribution in [0.1, 0.15) is 43.5 Å². The summed E-state index contributed by atoms with van der Waals surface area (Å²) in [5.41, 5.74) is 1.34. The average Bonchev–Trinajstić information content (AvgIpc) is 2.71. The number of anilines is 1. The second-order valence-electron chi connectivity index (χ2n) is 8.17. The van der Waals surface area contributed by atoms with Crippen LogP contribution in [-0.4, -0.2) is 54.4 Å². The molecule has 1 aromatic rings. The Balaban J connectivity index is 1.45. The van der Waals surface area contributed by atoms with Gasteiger partial charge in [-0.2, -0.15) is 0 Å². The Morgan fingerprint density at radius 3 is 2.82 bits per heavy atom. The number of nitrogens with zero attached hydrogens (tertiary/aromatic N) is 1. The van der Waals surface area contributed by atoms with Crippen molar-refractivity contribution in [2.45, 2.75) is 49.4 Å². The number of hydrogen-bond donors (Lipinski definition) is 2. The van der Waals surface area contributed by atoms with Gasteiger partial charge in [-0.05, 0) is 36.5 Å². The lowest BCUT2D eigenvalue weighted by atomic mass is 9.78. The molecule has 1 aliphatic carbocycles. The second-order valence-corrected chi connectivity index (χ2v) is 9.29. The maximum Gasteiger partial charge on any atom is 0.252 e. The van der Waals surface area contributed by atoms with Gasteiger partial charge in [0.05, 0.1) is 18.9 Å². The molecule has 28 heavy (non-hydrogen) atoms. The lowest BCUT2D eigenvalue weighted by Gasteiger charge is -2.36. The fraction of sp³-hybridized carbons (Fsp3) is 0.619. The lowest BCUT2D eigenvalue weighted by Crippen LogP contribution is -2.48. The molecular weight excluding hydrogens is 374 g/mol. The van der Waals surface area contributed by atoms with Gasteiger partial charge < -0.3 is 15.4 Å². The maximum absolute atomic E-state index is 12.8. The van der Waals surface area contributed by atoms with Crippen LogP contribution in [-0.2, 0) is 9.53 Å². The van der Waals surface area contributed by atoms with Gasteiger partial charge in [0, 0.05) is 29.6 Å². The van der Waals surface area contributed by atoms with Crippen molar-refractivity contribution in [2.75, 3.05) is 31.6 Å². The molecular formula is C21H29N3O3S. The third-order valence-corrected chi connectivity index (χ3v) is 7.71. The zero-order valence-corrected chi connectivity index (χ0v) is 17.4. The van der Waals surface area contributed by atoms with E-state index in [1.54, 1.807) is 11.8 Å². The maximum atomic E-state index is 12.8. The van der Waals surface area contributed by atoms with E-state index in [9.17, 15) is 9.59 Å². The summed E-state index contributed by atoms with van der Waals surface area (Å²) in [5.74, 6) is 1.05. The van der Waals surface area contributed by atoms with Gasteiger partial charge in [-0.1, -0.05) is 38.5 Å². The van der Waals surface area contributed by atoms with Crippen molar-refractivity contribution >= 4 is 29.3 Å². The number of rotatable bonds is 3. The zero-order valence-electron chi connectivity index (χ0n) is 16.6. The molecule has 0 bridgehead atoms. The van der Waals surface area contributed by atoms with E-state index >= 15 is 0 Å². The summed E-state index contributed by atoms with van der Waals surface area (Å²) in [6.45, 7) is 7.34. The first-order valence-electron chi connectivity index (χ1n) is 10.3. The minimum atomic E-state index is -0.236. The first-order chi connectivity index (χ1) is 13.5. The average molecular weight is 404 g/mol. The minimum absolute atomic E-state index is 0.0216. The number of thioether (sulfide) groups is 1. The molecule has 3 aliphatic rings. The first kappa shape index (κ1) is 19.7. The van der Waals surface area contributed by atoms with Crippen LogP contribution in [0.3, 0.4) is 0 Å². The van der Waals surface area contributed by atoms with Crippen molar-refractivity contribution in [2.24, 2.45) is 11.8 Å². The van der Waals surface area contributed by atoms with Crippen LogP contribution in [0, 0.1) is 11.8 Å². The van der Waals surface area contributed by atoms with E-state index in [2.05, 4.69) is 29.4 Å². The highest BCUT2D eigenvalue weighted by Gasteiger charge is 2.33. The van der Waals surface area contributed by atoms with Gasteiger partial charge in [0.2, 0.25) is 0 Å². The van der Waals surface area contributed by atoms with Gasteiger partial charge in [-0.15, -0.1) is 0 Å². The molecule has 1 saturated heterocycles. The molecule has 0 spiro atoms. The largest absolute Gasteiger partial charge is 0.379 e. The van der Waals surface area contributed by atoms with Crippen LogP contribution in [0.5, 0.6) is 0 Å². The number of ether oxygens (including phenoxy) is 1. The Morgan fingerprint density at radius 1 is 1.25 bits per heavy atom. The number of fused-ring (bicyclic) bond motifs is 1. The van der Waals surface area contributed by atoms with Gasteiger partial charge >= 0.3 is 0 Å². The highest BCUT2D eigenvalue weighted by Crippen LogP contribution is 2.38. The second kappa shape index (κ2) is 8.43. The SMILES string of the molecule is CC1CCCC(NC(=O)c2ccc3c(c2)NC(=O)C(N2CCOCC2)S3)C1C. The van der Waals surface area contributed by atoms with Crippen molar-refractivity contribution < 1.29 is 14.3 Å². The number of morpholine rings is 1. The predicted octanol–water partition coefficient (Wildman–Crippen LogP) is 2.94. The van der Waals surface area contributed by atoms with E-state index in [0.717, 1.165) is 36.5 Å². The normalized spacial score (nSPS) is 31.0. The van der Waals surface area contributed by atoms with Crippen LogP contribution in [0.25, 0.3) is 0 Å². The molecule has 152 valence electrons. The molecule has 4 unspecified atom stereocenters. The van der Waals surface area contributed by atoms with Gasteiger partial charge in [0.15, 0.2) is 0 Å². The first-order valence-corrected chi connectivity index (χ1v) is 11.1. The fourth-order valence-corrected chi connectivity index (χ4v) is 5.48. The highest BCUT2D eigenvalue weighted by atomic mass is 32.2. The van der Waals surface area contributed by atoms with E-state index in [-0.39, 0.29) is 23.2 Å². The van der Waals surface area contributed by atoms with Gasteiger partial charge in [0.25, 0.3) is 11.8 Å². The fourth-order valence-electron chi connectivity index (χ4n) is 4.33. The van der Waals surface area contributed by atoms with Crippen LogP contribution in [0.2, 0.25) is 0 Å². The molecule has 0 aromatic heterocycles. The Kier molecular flexibility index (Phi) is 5.94. The van der Waals surface area contributed by atoms with Crippen molar-refractivity contribution in [1.82, 2.24) is 10.2 Å². The molecule has 7 heteroatoms. The van der Waals surface area contributed by atoms with Crippen LogP contribution in [0.15, 0.2) is 23.1 Å². The number of carbonyl (C=O) groups is 2. The van der Waals surface area contributed by atoms with Crippen LogP contribution >= 0.6 is 11.8 Å². The Morgan fingerprint density at radius 2 is 2.04 bits per heavy atom. The molecule has 2 fully saturated rings. The predicted molar refractivity (Wildman–Crippen MR) is 111 cm³/mol. The Hall–Kier alpha value is -1.57. The Bertz CT molecular complexity index is 750. The monoisotopic (exact) mass is 403 g/mol. The number of benzene rings is 1. The highest BCUT2D eigenvalue weighted by molar-refractivity contribution is 8.00. The molecule has 2 heterocycles. The molecule has 1 aromatic carbocycles. The summed E-state index contributed by atoms with van der Waals surface area (Å²) >= 11 is 1.56. The lowest BCUT2D eigenvalue weighted by molar-refractivity contribution is -0.119. The molecule has 4 atom stereocenters. The number of carbonyl (C=O) groups excluding carboxylic acids is 2. The van der Waals surface area contributed by atoms with E-state index < -0.39 is 0 Å². The summed E-state index contributed by atoms with van der Waals surface area (Å²) < 4.78 is 5.39. The van der Waals surface area contributed by atoms with E-state index in [1.165, 1.54) is 6.42 Å². The number of nitrogens with one attached hydrogen (secondary N) is 2. The topological polar surface area (TPSA) is 70.7 Å². The van der Waals surface area contributed by atoms with E-state index in [1.807, 2.05) is 18.2 Å². The minimum Gasteiger partial charge on any atom is -0.379 e. The molecule has 0 radical (unpaired) electrons.